The van der Waals surface area contributed by atoms with Crippen LogP contribution in [0.25, 0.3) is 22.6 Å². The van der Waals surface area contributed by atoms with E-state index in [1.165, 1.54) is 0 Å². The third-order valence-electron chi connectivity index (χ3n) is 2.28. The van der Waals surface area contributed by atoms with Crippen molar-refractivity contribution in [2.24, 2.45) is 0 Å². The summed E-state index contributed by atoms with van der Waals surface area (Å²) in [5.41, 5.74) is 2.50. The third-order valence-corrected chi connectivity index (χ3v) is 2.92. The van der Waals surface area contributed by atoms with Crippen LogP contribution in [0.15, 0.2) is 51.6 Å². The Morgan fingerprint density at radius 1 is 1.06 bits per heavy atom. The number of nitrogens with zero attached hydrogens (tertiary/aromatic N) is 2. The van der Waals surface area contributed by atoms with Gasteiger partial charge in [0.25, 0.3) is 0 Å². The number of benzene rings is 1. The Bertz CT molecular complexity index is 615. The highest BCUT2D eigenvalue weighted by Crippen LogP contribution is 2.28. The van der Waals surface area contributed by atoms with Gasteiger partial charge in [-0.15, -0.1) is 0 Å². The van der Waals surface area contributed by atoms with E-state index in [0.29, 0.717) is 5.89 Å². The molecular weight excluding hydrogens is 268 g/mol. The number of oxazole rings is 1. The molecule has 0 amide bonds. The summed E-state index contributed by atoms with van der Waals surface area (Å²) in [5, 5.41) is 0. The lowest BCUT2D eigenvalue weighted by Crippen LogP contribution is -1.81. The second kappa shape index (κ2) is 3.72. The van der Waals surface area contributed by atoms with E-state index in [1.54, 1.807) is 6.20 Å². The minimum absolute atomic E-state index is 0.584. The van der Waals surface area contributed by atoms with Gasteiger partial charge in [0.15, 0.2) is 5.58 Å². The second-order valence-corrected chi connectivity index (χ2v) is 4.08. The summed E-state index contributed by atoms with van der Waals surface area (Å²) < 4.78 is 6.39. The van der Waals surface area contributed by atoms with Crippen LogP contribution in [0.2, 0.25) is 0 Å². The van der Waals surface area contributed by atoms with E-state index in [0.717, 1.165) is 21.3 Å². The van der Waals surface area contributed by atoms with Gasteiger partial charge in [-0.3, -0.25) is 0 Å². The molecule has 0 bridgehead atoms. The number of pyridine rings is 1. The lowest BCUT2D eigenvalue weighted by atomic mass is 10.3. The van der Waals surface area contributed by atoms with Gasteiger partial charge >= 0.3 is 0 Å². The molecule has 2 heterocycles. The Labute approximate surface area is 100 Å². The van der Waals surface area contributed by atoms with Crippen molar-refractivity contribution in [3.05, 3.63) is 47.2 Å². The summed E-state index contributed by atoms with van der Waals surface area (Å²) in [6, 6.07) is 11.5. The molecule has 2 aromatic heterocycles. The molecule has 0 aliphatic heterocycles. The summed E-state index contributed by atoms with van der Waals surface area (Å²) in [4.78, 5) is 8.55. The zero-order chi connectivity index (χ0) is 11.0. The molecule has 0 saturated heterocycles. The first-order chi connectivity index (χ1) is 7.84. The molecule has 0 radical (unpaired) electrons. The molecule has 0 N–H and O–H groups in total. The van der Waals surface area contributed by atoms with Crippen LogP contribution in [0, 0.1) is 0 Å². The van der Waals surface area contributed by atoms with Crippen molar-refractivity contribution < 1.29 is 4.42 Å². The number of aromatic nitrogens is 2. The molecule has 3 nitrogen and oxygen atoms in total. The summed E-state index contributed by atoms with van der Waals surface area (Å²) in [6.07, 6.45) is 1.72. The molecule has 1 aromatic carbocycles. The summed E-state index contributed by atoms with van der Waals surface area (Å²) in [5.74, 6) is 0.584. The van der Waals surface area contributed by atoms with Crippen molar-refractivity contribution in [2.45, 2.75) is 0 Å². The van der Waals surface area contributed by atoms with Gasteiger partial charge in [-0.1, -0.05) is 12.1 Å². The van der Waals surface area contributed by atoms with Crippen LogP contribution in [0.4, 0.5) is 0 Å². The molecule has 0 spiro atoms. The van der Waals surface area contributed by atoms with Gasteiger partial charge in [0, 0.05) is 6.20 Å². The maximum absolute atomic E-state index is 5.65. The van der Waals surface area contributed by atoms with Crippen LogP contribution >= 0.6 is 15.9 Å². The topological polar surface area (TPSA) is 38.9 Å². The minimum Gasteiger partial charge on any atom is -0.436 e. The van der Waals surface area contributed by atoms with Gasteiger partial charge in [-0.25, -0.2) is 9.97 Å². The molecule has 3 aromatic rings. The maximum atomic E-state index is 5.65. The monoisotopic (exact) mass is 274 g/mol. The van der Waals surface area contributed by atoms with Gasteiger partial charge < -0.3 is 4.42 Å². The molecule has 0 aliphatic carbocycles. The number of hydrogen-bond donors (Lipinski definition) is 0. The van der Waals surface area contributed by atoms with E-state index in [9.17, 15) is 0 Å². The van der Waals surface area contributed by atoms with E-state index >= 15 is 0 Å². The summed E-state index contributed by atoms with van der Waals surface area (Å²) in [6.45, 7) is 0. The molecule has 0 fully saturated rings. The van der Waals surface area contributed by atoms with E-state index in [4.69, 9.17) is 4.42 Å². The van der Waals surface area contributed by atoms with Crippen molar-refractivity contribution in [3.63, 3.8) is 0 Å². The molecule has 3 rings (SSSR count). The number of fused-ring (bicyclic) bond motifs is 1. The van der Waals surface area contributed by atoms with Crippen LogP contribution < -0.4 is 0 Å². The molecule has 4 heteroatoms. The number of para-hydroxylation sites is 2. The van der Waals surface area contributed by atoms with Crippen LogP contribution in [-0.4, -0.2) is 9.97 Å². The predicted molar refractivity (Wildman–Crippen MR) is 64.9 cm³/mol. The van der Waals surface area contributed by atoms with E-state index in [-0.39, 0.29) is 0 Å². The molecule has 78 valence electrons. The highest BCUT2D eigenvalue weighted by molar-refractivity contribution is 9.10. The Balaban J connectivity index is 2.23. The highest BCUT2D eigenvalue weighted by atomic mass is 79.9. The fraction of sp³-hybridized carbons (Fsp3) is 0. The zero-order valence-corrected chi connectivity index (χ0v) is 9.81. The molecule has 16 heavy (non-hydrogen) atoms. The standard InChI is InChI=1S/C12H7BrN2O/c13-11-8(4-3-7-14-11)12-15-9-5-1-2-6-10(9)16-12/h1-7H. The van der Waals surface area contributed by atoms with Crippen LogP contribution in [0.5, 0.6) is 0 Å². The van der Waals surface area contributed by atoms with E-state index < -0.39 is 0 Å². The molecule has 0 atom stereocenters. The van der Waals surface area contributed by atoms with Crippen molar-refractivity contribution in [1.82, 2.24) is 9.97 Å². The maximum Gasteiger partial charge on any atom is 0.230 e. The zero-order valence-electron chi connectivity index (χ0n) is 8.22. The Hall–Kier alpha value is -1.68. The van der Waals surface area contributed by atoms with Crippen molar-refractivity contribution >= 4 is 27.0 Å². The fourth-order valence-corrected chi connectivity index (χ4v) is 1.95. The van der Waals surface area contributed by atoms with Crippen molar-refractivity contribution in [3.8, 4) is 11.5 Å². The summed E-state index contributed by atoms with van der Waals surface area (Å²) >= 11 is 3.38. The van der Waals surface area contributed by atoms with Gasteiger partial charge in [0.1, 0.15) is 10.1 Å². The van der Waals surface area contributed by atoms with Crippen molar-refractivity contribution in [2.75, 3.05) is 0 Å². The molecule has 0 unspecified atom stereocenters. The average Bonchev–Trinajstić information content (AvgIpc) is 2.73. The van der Waals surface area contributed by atoms with Gasteiger partial charge in [0.05, 0.1) is 5.56 Å². The normalized spacial score (nSPS) is 10.8. The lowest BCUT2D eigenvalue weighted by Gasteiger charge is -1.96. The quantitative estimate of drug-likeness (QED) is 0.636. The third kappa shape index (κ3) is 1.51. The van der Waals surface area contributed by atoms with Gasteiger partial charge in [0.2, 0.25) is 5.89 Å². The predicted octanol–water partition coefficient (Wildman–Crippen LogP) is 3.65. The molecule has 0 saturated carbocycles. The Kier molecular flexibility index (Phi) is 2.22. The Morgan fingerprint density at radius 3 is 2.75 bits per heavy atom. The second-order valence-electron chi connectivity index (χ2n) is 3.33. The van der Waals surface area contributed by atoms with E-state index in [1.807, 2.05) is 36.4 Å². The average molecular weight is 275 g/mol. The summed E-state index contributed by atoms with van der Waals surface area (Å²) in [7, 11) is 0. The first-order valence-corrected chi connectivity index (χ1v) is 5.60. The lowest BCUT2D eigenvalue weighted by molar-refractivity contribution is 0.619. The van der Waals surface area contributed by atoms with Gasteiger partial charge in [-0.05, 0) is 40.2 Å². The van der Waals surface area contributed by atoms with Crippen LogP contribution in [0.3, 0.4) is 0 Å². The van der Waals surface area contributed by atoms with E-state index in [2.05, 4.69) is 25.9 Å². The number of halogens is 1. The fourth-order valence-electron chi connectivity index (χ4n) is 1.53. The van der Waals surface area contributed by atoms with Crippen LogP contribution in [-0.2, 0) is 0 Å². The number of rotatable bonds is 1. The first kappa shape index (κ1) is 9.54. The largest absolute Gasteiger partial charge is 0.436 e. The van der Waals surface area contributed by atoms with Gasteiger partial charge in [-0.2, -0.15) is 0 Å². The minimum atomic E-state index is 0.584. The Morgan fingerprint density at radius 2 is 1.94 bits per heavy atom. The molecular formula is C12H7BrN2O. The first-order valence-electron chi connectivity index (χ1n) is 4.81. The highest BCUT2D eigenvalue weighted by Gasteiger charge is 2.10. The SMILES string of the molecule is Brc1ncccc1-c1nc2ccccc2o1. The number of hydrogen-bond acceptors (Lipinski definition) is 3. The van der Waals surface area contributed by atoms with Crippen molar-refractivity contribution in [1.29, 1.82) is 0 Å². The smallest absolute Gasteiger partial charge is 0.230 e. The van der Waals surface area contributed by atoms with Crippen LogP contribution in [0.1, 0.15) is 0 Å². The molecule has 0 aliphatic rings.